The Morgan fingerprint density at radius 3 is 2.65 bits per heavy atom. The maximum atomic E-state index is 13.8. The van der Waals surface area contributed by atoms with E-state index in [1.54, 1.807) is 0 Å². The zero-order valence-corrected chi connectivity index (χ0v) is 23.3. The second kappa shape index (κ2) is 11.2. The van der Waals surface area contributed by atoms with Gasteiger partial charge in [0.25, 0.3) is 5.91 Å². The lowest BCUT2D eigenvalue weighted by atomic mass is 9.95. The van der Waals surface area contributed by atoms with Gasteiger partial charge in [0.05, 0.1) is 21.3 Å². The number of esters is 1. The molecular formula is C32H30N4O3S. The molecule has 2 aromatic heterocycles. The molecule has 1 atom stereocenters. The van der Waals surface area contributed by atoms with E-state index < -0.39 is 12.1 Å². The van der Waals surface area contributed by atoms with Crippen molar-refractivity contribution in [2.45, 2.75) is 45.9 Å². The van der Waals surface area contributed by atoms with Crippen LogP contribution in [0.3, 0.4) is 0 Å². The van der Waals surface area contributed by atoms with E-state index in [4.69, 9.17) is 9.72 Å². The smallest absolute Gasteiger partial charge is 0.340 e. The van der Waals surface area contributed by atoms with Crippen LogP contribution >= 0.6 is 11.3 Å². The first kappa shape index (κ1) is 26.1. The molecule has 0 aliphatic carbocycles. The molecule has 202 valence electrons. The van der Waals surface area contributed by atoms with Crippen LogP contribution in [0.4, 0.5) is 5.13 Å². The van der Waals surface area contributed by atoms with E-state index in [2.05, 4.69) is 27.3 Å². The molecule has 5 aromatic rings. The molecule has 1 aliphatic heterocycles. The van der Waals surface area contributed by atoms with Gasteiger partial charge in [0.2, 0.25) is 0 Å². The highest BCUT2D eigenvalue weighted by Crippen LogP contribution is 2.31. The summed E-state index contributed by atoms with van der Waals surface area (Å²) < 4.78 is 6.92. The Balaban J connectivity index is 1.26. The van der Waals surface area contributed by atoms with Gasteiger partial charge in [-0.15, -0.1) is 0 Å². The van der Waals surface area contributed by atoms with Crippen LogP contribution in [0.25, 0.3) is 21.1 Å². The number of para-hydroxylation sites is 1. The van der Waals surface area contributed by atoms with E-state index in [9.17, 15) is 9.59 Å². The molecule has 1 N–H and O–H groups in total. The van der Waals surface area contributed by atoms with E-state index in [0.29, 0.717) is 23.7 Å². The molecule has 0 fully saturated rings. The van der Waals surface area contributed by atoms with Crippen LogP contribution in [-0.4, -0.2) is 39.4 Å². The van der Waals surface area contributed by atoms with Gasteiger partial charge in [0, 0.05) is 42.7 Å². The summed E-state index contributed by atoms with van der Waals surface area (Å²) >= 11 is 1.41. The normalized spacial score (nSPS) is 14.2. The third-order valence-electron chi connectivity index (χ3n) is 7.27. The summed E-state index contributed by atoms with van der Waals surface area (Å²) in [5, 5.41) is 4.09. The van der Waals surface area contributed by atoms with Crippen LogP contribution in [0.2, 0.25) is 0 Å². The van der Waals surface area contributed by atoms with Gasteiger partial charge in [0.1, 0.15) is 0 Å². The number of anilines is 1. The monoisotopic (exact) mass is 550 g/mol. The van der Waals surface area contributed by atoms with Crippen LogP contribution in [0.15, 0.2) is 72.8 Å². The molecule has 1 aliphatic rings. The first-order valence-electron chi connectivity index (χ1n) is 13.5. The molecule has 6 rings (SSSR count). The number of carbonyl (C=O) groups is 2. The van der Waals surface area contributed by atoms with Gasteiger partial charge >= 0.3 is 5.97 Å². The molecule has 1 amide bonds. The molecule has 0 radical (unpaired) electrons. The van der Waals surface area contributed by atoms with Crippen molar-refractivity contribution in [3.63, 3.8) is 0 Å². The molecular weight excluding hydrogens is 520 g/mol. The summed E-state index contributed by atoms with van der Waals surface area (Å²) in [6, 6.07) is 23.9. The number of nitrogens with one attached hydrogen (secondary N) is 1. The zero-order chi connectivity index (χ0) is 27.6. The summed E-state index contributed by atoms with van der Waals surface area (Å²) in [5.41, 5.74) is 6.22. The van der Waals surface area contributed by atoms with Crippen molar-refractivity contribution in [3.8, 4) is 0 Å². The molecule has 0 spiro atoms. The highest BCUT2D eigenvalue weighted by molar-refractivity contribution is 7.22. The van der Waals surface area contributed by atoms with Crippen molar-refractivity contribution >= 4 is 49.5 Å². The molecule has 0 saturated carbocycles. The van der Waals surface area contributed by atoms with Crippen LogP contribution < -0.4 is 5.32 Å². The molecule has 0 bridgehead atoms. The summed E-state index contributed by atoms with van der Waals surface area (Å²) in [7, 11) is 0. The Morgan fingerprint density at radius 1 is 1.02 bits per heavy atom. The molecule has 3 aromatic carbocycles. The van der Waals surface area contributed by atoms with Gasteiger partial charge < -0.3 is 4.74 Å². The first-order chi connectivity index (χ1) is 19.5. The Hall–Kier alpha value is -4.14. The number of thiazole rings is 1. The maximum absolute atomic E-state index is 13.8. The second-order valence-corrected chi connectivity index (χ2v) is 11.2. The lowest BCUT2D eigenvalue weighted by Crippen LogP contribution is -2.34. The number of nitrogens with zero attached hydrogens (tertiary/aromatic N) is 3. The fourth-order valence-corrected chi connectivity index (χ4v) is 6.20. The average molecular weight is 551 g/mol. The lowest BCUT2D eigenvalue weighted by Gasteiger charge is -2.30. The van der Waals surface area contributed by atoms with Gasteiger partial charge in [-0.3, -0.25) is 20.0 Å². The molecule has 7 nitrogen and oxygen atoms in total. The van der Waals surface area contributed by atoms with Crippen molar-refractivity contribution in [2.24, 2.45) is 0 Å². The summed E-state index contributed by atoms with van der Waals surface area (Å²) in [6.45, 7) is 6.07. The van der Waals surface area contributed by atoms with E-state index in [0.717, 1.165) is 57.5 Å². The zero-order valence-electron chi connectivity index (χ0n) is 22.5. The first-order valence-corrected chi connectivity index (χ1v) is 14.4. The van der Waals surface area contributed by atoms with Gasteiger partial charge in [-0.1, -0.05) is 72.9 Å². The fourth-order valence-electron chi connectivity index (χ4n) is 5.24. The minimum Gasteiger partial charge on any atom is -0.449 e. The topological polar surface area (TPSA) is 84.4 Å². The summed E-state index contributed by atoms with van der Waals surface area (Å²) in [6.07, 6.45) is 0.127. The van der Waals surface area contributed by atoms with E-state index >= 15 is 0 Å². The van der Waals surface area contributed by atoms with Crippen LogP contribution in [0.5, 0.6) is 0 Å². The predicted octanol–water partition coefficient (Wildman–Crippen LogP) is 6.29. The number of aromatic nitrogens is 2. The van der Waals surface area contributed by atoms with Crippen molar-refractivity contribution in [2.75, 3.05) is 11.9 Å². The van der Waals surface area contributed by atoms with Crippen molar-refractivity contribution in [1.82, 2.24) is 14.9 Å². The number of amides is 1. The SMILES string of the molecule is CCC(OC(=O)c1c2c(nc3ccccc13)CCN(Cc1ccccc1)C2)C(=O)Nc1nc2ccc(C)cc2s1. The van der Waals surface area contributed by atoms with E-state index in [-0.39, 0.29) is 5.91 Å². The number of rotatable bonds is 7. The highest BCUT2D eigenvalue weighted by atomic mass is 32.1. The number of carbonyl (C=O) groups excluding carboxylic acids is 2. The van der Waals surface area contributed by atoms with Gasteiger partial charge in [-0.25, -0.2) is 9.78 Å². The quantitative estimate of drug-likeness (QED) is 0.240. The number of benzene rings is 3. The van der Waals surface area contributed by atoms with Gasteiger partial charge in [-0.05, 0) is 42.7 Å². The van der Waals surface area contributed by atoms with E-state index in [1.807, 2.05) is 74.5 Å². The minimum absolute atomic E-state index is 0.340. The predicted molar refractivity (Wildman–Crippen MR) is 158 cm³/mol. The number of hydrogen-bond donors (Lipinski definition) is 1. The van der Waals surface area contributed by atoms with Crippen molar-refractivity contribution in [3.05, 3.63) is 101 Å². The highest BCUT2D eigenvalue weighted by Gasteiger charge is 2.30. The molecule has 0 saturated heterocycles. The number of ether oxygens (including phenoxy) is 1. The number of hydrogen-bond acceptors (Lipinski definition) is 7. The Bertz CT molecular complexity index is 1720. The van der Waals surface area contributed by atoms with Crippen LogP contribution in [0.1, 0.15) is 46.1 Å². The second-order valence-electron chi connectivity index (χ2n) is 10.2. The van der Waals surface area contributed by atoms with Crippen molar-refractivity contribution < 1.29 is 14.3 Å². The Kier molecular flexibility index (Phi) is 7.28. The number of aryl methyl sites for hydroxylation is 1. The minimum atomic E-state index is -0.951. The summed E-state index contributed by atoms with van der Waals surface area (Å²) in [5.74, 6) is -0.886. The third-order valence-corrected chi connectivity index (χ3v) is 8.20. The molecule has 1 unspecified atom stereocenters. The van der Waals surface area contributed by atoms with Gasteiger partial charge in [-0.2, -0.15) is 0 Å². The number of fused-ring (bicyclic) bond motifs is 3. The van der Waals surface area contributed by atoms with Crippen molar-refractivity contribution in [1.29, 1.82) is 0 Å². The Morgan fingerprint density at radius 2 is 1.82 bits per heavy atom. The molecule has 40 heavy (non-hydrogen) atoms. The molecule has 3 heterocycles. The average Bonchev–Trinajstić information content (AvgIpc) is 3.36. The standard InChI is InChI=1S/C32H30N4O3S/c1-3-27(30(37)35-32-34-26-14-13-20(2)17-28(26)40-32)39-31(38)29-22-11-7-8-12-24(22)33-25-15-16-36(19-23(25)29)18-21-9-5-4-6-10-21/h4-14,17,27H,3,15-16,18-19H2,1-2H3,(H,34,35,37). The van der Waals surface area contributed by atoms with Crippen LogP contribution in [-0.2, 0) is 29.0 Å². The lowest BCUT2D eigenvalue weighted by molar-refractivity contribution is -0.124. The maximum Gasteiger partial charge on any atom is 0.340 e. The number of pyridine rings is 1. The van der Waals surface area contributed by atoms with Crippen LogP contribution in [0, 0.1) is 6.92 Å². The molecule has 8 heteroatoms. The fraction of sp³-hybridized carbons (Fsp3) is 0.250. The summed E-state index contributed by atoms with van der Waals surface area (Å²) in [4.78, 5) is 38.8. The Labute approximate surface area is 236 Å². The van der Waals surface area contributed by atoms with E-state index in [1.165, 1.54) is 16.9 Å². The largest absolute Gasteiger partial charge is 0.449 e. The van der Waals surface area contributed by atoms with Gasteiger partial charge in [0.15, 0.2) is 11.2 Å². The third kappa shape index (κ3) is 5.33.